The second-order valence-corrected chi connectivity index (χ2v) is 3.44. The number of hydrogen-bond acceptors (Lipinski definition) is 4. The first-order valence-electron chi connectivity index (χ1n) is 4.89. The van der Waals surface area contributed by atoms with Gasteiger partial charge >= 0.3 is 11.9 Å². The Labute approximate surface area is 88.7 Å². The van der Waals surface area contributed by atoms with Gasteiger partial charge in [0.1, 0.15) is 0 Å². The van der Waals surface area contributed by atoms with Gasteiger partial charge in [0.2, 0.25) is 0 Å². The Morgan fingerprint density at radius 1 is 1.27 bits per heavy atom. The largest absolute Gasteiger partial charge is 0.473 e. The number of carbonyl (C=O) groups is 2. The number of carboxylic acids is 2. The molecule has 1 saturated heterocycles. The van der Waals surface area contributed by atoms with Crippen LogP contribution in [0.1, 0.15) is 19.8 Å². The SMILES string of the molecule is CC(CN)N1CCCC1.O=C(O)C(=O)O. The lowest BCUT2D eigenvalue weighted by Crippen LogP contribution is -2.35. The summed E-state index contributed by atoms with van der Waals surface area (Å²) in [7, 11) is 0. The van der Waals surface area contributed by atoms with Gasteiger partial charge in [-0.1, -0.05) is 0 Å². The van der Waals surface area contributed by atoms with Crippen LogP contribution >= 0.6 is 0 Å². The van der Waals surface area contributed by atoms with Crippen molar-refractivity contribution < 1.29 is 19.8 Å². The van der Waals surface area contributed by atoms with E-state index in [9.17, 15) is 0 Å². The van der Waals surface area contributed by atoms with E-state index >= 15 is 0 Å². The minimum Gasteiger partial charge on any atom is -0.473 e. The molecule has 1 aliphatic heterocycles. The van der Waals surface area contributed by atoms with E-state index in [1.165, 1.54) is 25.9 Å². The van der Waals surface area contributed by atoms with Crippen molar-refractivity contribution in [3.8, 4) is 0 Å². The Hall–Kier alpha value is -1.14. The quantitative estimate of drug-likeness (QED) is 0.544. The van der Waals surface area contributed by atoms with Gasteiger partial charge in [0.25, 0.3) is 0 Å². The summed E-state index contributed by atoms with van der Waals surface area (Å²) in [5.41, 5.74) is 5.51. The van der Waals surface area contributed by atoms with Crippen molar-refractivity contribution >= 4 is 11.9 Å². The first kappa shape index (κ1) is 13.9. The van der Waals surface area contributed by atoms with Crippen molar-refractivity contribution in [2.45, 2.75) is 25.8 Å². The van der Waals surface area contributed by atoms with Crippen LogP contribution < -0.4 is 5.73 Å². The lowest BCUT2D eigenvalue weighted by molar-refractivity contribution is -0.159. The van der Waals surface area contributed by atoms with Crippen LogP contribution in [-0.4, -0.2) is 52.7 Å². The maximum atomic E-state index is 9.10. The molecule has 4 N–H and O–H groups in total. The Bertz CT molecular complexity index is 202. The molecule has 0 aromatic carbocycles. The molecule has 1 unspecified atom stereocenters. The minimum atomic E-state index is -1.82. The predicted octanol–water partition coefficient (Wildman–Crippen LogP) is -0.415. The van der Waals surface area contributed by atoms with Crippen molar-refractivity contribution in [2.24, 2.45) is 5.73 Å². The van der Waals surface area contributed by atoms with Crippen LogP contribution in [-0.2, 0) is 9.59 Å². The molecule has 0 bridgehead atoms. The van der Waals surface area contributed by atoms with E-state index in [2.05, 4.69) is 11.8 Å². The van der Waals surface area contributed by atoms with Crippen LogP contribution in [0.5, 0.6) is 0 Å². The van der Waals surface area contributed by atoms with Crippen LogP contribution in [0.3, 0.4) is 0 Å². The summed E-state index contributed by atoms with van der Waals surface area (Å²) in [6.45, 7) is 5.53. The summed E-state index contributed by atoms with van der Waals surface area (Å²) in [6, 6.07) is 0.604. The molecule has 1 atom stereocenters. The normalized spacial score (nSPS) is 17.7. The van der Waals surface area contributed by atoms with Crippen LogP contribution in [0.25, 0.3) is 0 Å². The molecule has 0 spiro atoms. The van der Waals surface area contributed by atoms with E-state index < -0.39 is 11.9 Å². The molecule has 1 aliphatic rings. The van der Waals surface area contributed by atoms with Crippen LogP contribution in [0.2, 0.25) is 0 Å². The van der Waals surface area contributed by atoms with E-state index in [0.717, 1.165) is 6.54 Å². The van der Waals surface area contributed by atoms with Crippen molar-refractivity contribution in [2.75, 3.05) is 19.6 Å². The van der Waals surface area contributed by atoms with Gasteiger partial charge in [-0.25, -0.2) is 9.59 Å². The third-order valence-corrected chi connectivity index (χ3v) is 2.29. The lowest BCUT2D eigenvalue weighted by Gasteiger charge is -2.21. The van der Waals surface area contributed by atoms with Gasteiger partial charge in [0, 0.05) is 12.6 Å². The lowest BCUT2D eigenvalue weighted by atomic mass is 10.3. The number of rotatable bonds is 2. The number of carboxylic acid groups (broad SMARTS) is 2. The summed E-state index contributed by atoms with van der Waals surface area (Å²) < 4.78 is 0. The molecule has 1 fully saturated rings. The summed E-state index contributed by atoms with van der Waals surface area (Å²) in [6.07, 6.45) is 2.73. The molecule has 15 heavy (non-hydrogen) atoms. The number of nitrogens with two attached hydrogens (primary N) is 1. The number of aliphatic carboxylic acids is 2. The Kier molecular flexibility index (Phi) is 6.64. The molecular weight excluding hydrogens is 200 g/mol. The van der Waals surface area contributed by atoms with Crippen LogP contribution in [0.4, 0.5) is 0 Å². The highest BCUT2D eigenvalue weighted by atomic mass is 16.4. The highest BCUT2D eigenvalue weighted by molar-refractivity contribution is 6.27. The summed E-state index contributed by atoms with van der Waals surface area (Å²) in [5.74, 6) is -3.65. The zero-order valence-corrected chi connectivity index (χ0v) is 8.85. The molecule has 0 saturated carbocycles. The van der Waals surface area contributed by atoms with Gasteiger partial charge in [-0.15, -0.1) is 0 Å². The van der Waals surface area contributed by atoms with E-state index in [4.69, 9.17) is 25.5 Å². The topological polar surface area (TPSA) is 104 Å². The molecule has 0 aromatic heterocycles. The molecule has 6 heteroatoms. The fourth-order valence-electron chi connectivity index (χ4n) is 1.33. The molecule has 88 valence electrons. The molecule has 0 radical (unpaired) electrons. The maximum absolute atomic E-state index is 9.10. The summed E-state index contributed by atoms with van der Waals surface area (Å²) in [5, 5.41) is 14.8. The van der Waals surface area contributed by atoms with Crippen molar-refractivity contribution in [1.82, 2.24) is 4.90 Å². The number of hydrogen-bond donors (Lipinski definition) is 3. The zero-order valence-electron chi connectivity index (χ0n) is 8.85. The van der Waals surface area contributed by atoms with Gasteiger partial charge in [-0.3, -0.25) is 4.90 Å². The summed E-state index contributed by atoms with van der Waals surface area (Å²) in [4.78, 5) is 20.7. The Balaban J connectivity index is 0.000000288. The van der Waals surface area contributed by atoms with Crippen molar-refractivity contribution in [1.29, 1.82) is 0 Å². The third kappa shape index (κ3) is 6.03. The molecule has 0 amide bonds. The van der Waals surface area contributed by atoms with Crippen molar-refractivity contribution in [3.05, 3.63) is 0 Å². The van der Waals surface area contributed by atoms with Gasteiger partial charge < -0.3 is 15.9 Å². The van der Waals surface area contributed by atoms with Crippen LogP contribution in [0, 0.1) is 0 Å². The average molecular weight is 218 g/mol. The number of nitrogens with zero attached hydrogens (tertiary/aromatic N) is 1. The first-order chi connectivity index (χ1) is 6.99. The fourth-order valence-corrected chi connectivity index (χ4v) is 1.33. The first-order valence-corrected chi connectivity index (χ1v) is 4.89. The second-order valence-electron chi connectivity index (χ2n) is 3.44. The average Bonchev–Trinajstić information content (AvgIpc) is 2.70. The van der Waals surface area contributed by atoms with Gasteiger partial charge in [0.05, 0.1) is 0 Å². The van der Waals surface area contributed by atoms with E-state index in [0.29, 0.717) is 6.04 Å². The molecule has 0 aliphatic carbocycles. The predicted molar refractivity (Wildman–Crippen MR) is 54.6 cm³/mol. The molecule has 6 nitrogen and oxygen atoms in total. The highest BCUT2D eigenvalue weighted by Crippen LogP contribution is 2.09. The van der Waals surface area contributed by atoms with E-state index in [1.54, 1.807) is 0 Å². The van der Waals surface area contributed by atoms with Crippen LogP contribution in [0.15, 0.2) is 0 Å². The van der Waals surface area contributed by atoms with Gasteiger partial charge in [0.15, 0.2) is 0 Å². The standard InChI is InChI=1S/C7H16N2.C2H2O4/c1-7(6-8)9-4-2-3-5-9;3-1(4)2(5)6/h7H,2-6,8H2,1H3;(H,3,4)(H,5,6). The molecule has 0 aromatic rings. The molecule has 1 heterocycles. The van der Waals surface area contributed by atoms with E-state index in [1.807, 2.05) is 0 Å². The summed E-state index contributed by atoms with van der Waals surface area (Å²) >= 11 is 0. The smallest absolute Gasteiger partial charge is 0.414 e. The zero-order chi connectivity index (χ0) is 11.8. The molecular formula is C9H18N2O4. The minimum absolute atomic E-state index is 0.604. The Morgan fingerprint density at radius 3 is 1.93 bits per heavy atom. The van der Waals surface area contributed by atoms with Crippen molar-refractivity contribution in [3.63, 3.8) is 0 Å². The highest BCUT2D eigenvalue weighted by Gasteiger charge is 2.15. The monoisotopic (exact) mass is 218 g/mol. The Morgan fingerprint density at radius 2 is 1.67 bits per heavy atom. The maximum Gasteiger partial charge on any atom is 0.414 e. The number of likely N-dealkylation sites (tertiary alicyclic amines) is 1. The third-order valence-electron chi connectivity index (χ3n) is 2.29. The fraction of sp³-hybridized carbons (Fsp3) is 0.778. The van der Waals surface area contributed by atoms with Gasteiger partial charge in [-0.05, 0) is 32.9 Å². The second kappa shape index (κ2) is 7.19. The van der Waals surface area contributed by atoms with E-state index in [-0.39, 0.29) is 0 Å². The van der Waals surface area contributed by atoms with Gasteiger partial charge in [-0.2, -0.15) is 0 Å². The molecule has 1 rings (SSSR count).